The number of amides is 1. The molecule has 1 atom stereocenters. The van der Waals surface area contributed by atoms with Crippen LogP contribution in [-0.2, 0) is 15.9 Å². The summed E-state index contributed by atoms with van der Waals surface area (Å²) in [4.78, 5) is 26.5. The topological polar surface area (TPSA) is 65.1 Å². The van der Waals surface area contributed by atoms with Crippen LogP contribution in [0.5, 0.6) is 5.75 Å². The highest BCUT2D eigenvalue weighted by Gasteiger charge is 2.31. The molecule has 1 fully saturated rings. The Balaban J connectivity index is 1.47. The maximum absolute atomic E-state index is 12.5. The van der Waals surface area contributed by atoms with Gasteiger partial charge >= 0.3 is 12.1 Å². The zero-order valence-electron chi connectivity index (χ0n) is 24.3. The van der Waals surface area contributed by atoms with Gasteiger partial charge in [0.15, 0.2) is 0 Å². The number of rotatable bonds is 5. The zero-order chi connectivity index (χ0) is 30.0. The molecule has 0 radical (unpaired) electrons. The first-order valence-corrected chi connectivity index (χ1v) is 14.9. The molecule has 0 unspecified atom stereocenters. The van der Waals surface area contributed by atoms with Gasteiger partial charge in [-0.15, -0.1) is 0 Å². The normalized spacial score (nSPS) is 17.0. The molecule has 3 aromatic rings. The molecule has 220 valence electrons. The minimum atomic E-state index is -0.535. The molecule has 1 heterocycles. The zero-order valence-corrected chi connectivity index (χ0v) is 25.8. The van der Waals surface area contributed by atoms with Crippen LogP contribution in [0.15, 0.2) is 60.7 Å². The highest BCUT2D eigenvalue weighted by Crippen LogP contribution is 2.42. The quantitative estimate of drug-likeness (QED) is 0.272. The molecule has 5 rings (SSSR count). The van der Waals surface area contributed by atoms with Gasteiger partial charge in [0.1, 0.15) is 17.5 Å². The fourth-order valence-corrected chi connectivity index (χ4v) is 6.10. The minimum absolute atomic E-state index is 0.110. The summed E-state index contributed by atoms with van der Waals surface area (Å²) in [6.07, 6.45) is 2.83. The second-order valence-corrected chi connectivity index (χ2v) is 12.5. The molecule has 0 saturated carbocycles. The average molecular weight is 609 g/mol. The van der Waals surface area contributed by atoms with Crippen molar-refractivity contribution in [3.05, 3.63) is 98.5 Å². The molecule has 0 bridgehead atoms. The van der Waals surface area contributed by atoms with Gasteiger partial charge in [-0.25, -0.2) is 9.59 Å². The highest BCUT2D eigenvalue weighted by molar-refractivity contribution is 6.36. The van der Waals surface area contributed by atoms with Crippen molar-refractivity contribution in [3.8, 4) is 5.75 Å². The number of carbonyl (C=O) groups excluding carboxylic acids is 2. The summed E-state index contributed by atoms with van der Waals surface area (Å²) < 4.78 is 16.8. The SMILES string of the molecule is COC(=O)c1ccc2c(c1)CCCC(c1ccc(Cl)cc1Cl)=C2c1ccc(O[C@@H]2CCN(C(=O)OC(C)(C)C)C2)cc1. The molecule has 8 heteroatoms. The summed E-state index contributed by atoms with van der Waals surface area (Å²) in [5.41, 5.74) is 6.27. The Labute approximate surface area is 257 Å². The lowest BCUT2D eigenvalue weighted by molar-refractivity contribution is 0.0275. The van der Waals surface area contributed by atoms with Crippen LogP contribution in [0.1, 0.15) is 72.6 Å². The van der Waals surface area contributed by atoms with E-state index in [1.165, 1.54) is 7.11 Å². The third-order valence-corrected chi connectivity index (χ3v) is 8.02. The Hall–Kier alpha value is -3.48. The van der Waals surface area contributed by atoms with E-state index in [2.05, 4.69) is 12.1 Å². The Morgan fingerprint density at radius 3 is 2.36 bits per heavy atom. The molecule has 0 N–H and O–H groups in total. The average Bonchev–Trinajstić information content (AvgIpc) is 3.33. The summed E-state index contributed by atoms with van der Waals surface area (Å²) in [5.74, 6) is 0.378. The number of hydrogen-bond donors (Lipinski definition) is 0. The van der Waals surface area contributed by atoms with Crippen LogP contribution in [0, 0.1) is 0 Å². The minimum Gasteiger partial charge on any atom is -0.489 e. The van der Waals surface area contributed by atoms with Gasteiger partial charge in [-0.05, 0) is 110 Å². The number of benzene rings is 3. The number of methoxy groups -OCH3 is 1. The second kappa shape index (κ2) is 12.4. The van der Waals surface area contributed by atoms with Gasteiger partial charge in [0, 0.05) is 23.0 Å². The Morgan fingerprint density at radius 1 is 0.929 bits per heavy atom. The molecule has 3 aromatic carbocycles. The molecule has 1 aliphatic carbocycles. The number of allylic oxidation sites excluding steroid dienone is 1. The van der Waals surface area contributed by atoms with E-state index in [0.29, 0.717) is 28.7 Å². The lowest BCUT2D eigenvalue weighted by atomic mass is 9.87. The maximum Gasteiger partial charge on any atom is 0.410 e. The summed E-state index contributed by atoms with van der Waals surface area (Å²) in [6.45, 7) is 6.67. The summed E-state index contributed by atoms with van der Waals surface area (Å²) in [6, 6.07) is 19.4. The second-order valence-electron chi connectivity index (χ2n) is 11.7. The largest absolute Gasteiger partial charge is 0.489 e. The summed E-state index contributed by atoms with van der Waals surface area (Å²) in [5, 5.41) is 1.18. The molecule has 6 nitrogen and oxygen atoms in total. The molecule has 1 aliphatic heterocycles. The fraction of sp³-hybridized carbons (Fsp3) is 0.353. The van der Waals surface area contributed by atoms with Gasteiger partial charge in [0.25, 0.3) is 0 Å². The first kappa shape index (κ1) is 30.0. The monoisotopic (exact) mass is 607 g/mol. The van der Waals surface area contributed by atoms with Crippen molar-refractivity contribution >= 4 is 46.4 Å². The predicted octanol–water partition coefficient (Wildman–Crippen LogP) is 8.46. The van der Waals surface area contributed by atoms with Crippen molar-refractivity contribution in [2.24, 2.45) is 0 Å². The van der Waals surface area contributed by atoms with Crippen LogP contribution in [0.2, 0.25) is 10.0 Å². The van der Waals surface area contributed by atoms with Gasteiger partial charge in [-0.2, -0.15) is 0 Å². The van der Waals surface area contributed by atoms with E-state index in [4.69, 9.17) is 37.4 Å². The Kier molecular flexibility index (Phi) is 8.86. The van der Waals surface area contributed by atoms with Gasteiger partial charge in [-0.1, -0.05) is 47.5 Å². The number of fused-ring (bicyclic) bond motifs is 1. The van der Waals surface area contributed by atoms with E-state index >= 15 is 0 Å². The summed E-state index contributed by atoms with van der Waals surface area (Å²) >= 11 is 13.0. The molecule has 42 heavy (non-hydrogen) atoms. The van der Waals surface area contributed by atoms with Crippen LogP contribution in [-0.4, -0.2) is 48.9 Å². The van der Waals surface area contributed by atoms with Crippen LogP contribution in [0.4, 0.5) is 4.79 Å². The van der Waals surface area contributed by atoms with Crippen molar-refractivity contribution in [2.45, 2.75) is 58.2 Å². The molecule has 1 amide bonds. The van der Waals surface area contributed by atoms with E-state index in [0.717, 1.165) is 64.8 Å². The molecule has 1 saturated heterocycles. The Bertz CT molecular complexity index is 1520. The van der Waals surface area contributed by atoms with Gasteiger partial charge in [0.05, 0.1) is 19.2 Å². The maximum atomic E-state index is 12.5. The third-order valence-electron chi connectivity index (χ3n) is 7.47. The van der Waals surface area contributed by atoms with E-state index in [1.807, 2.05) is 63.2 Å². The number of halogens is 2. The van der Waals surface area contributed by atoms with Gasteiger partial charge in [-0.3, -0.25) is 0 Å². The van der Waals surface area contributed by atoms with Crippen molar-refractivity contribution in [3.63, 3.8) is 0 Å². The fourth-order valence-electron chi connectivity index (χ4n) is 5.58. The third kappa shape index (κ3) is 6.77. The number of ether oxygens (including phenoxy) is 3. The number of esters is 1. The van der Waals surface area contributed by atoms with E-state index in [1.54, 1.807) is 11.0 Å². The number of likely N-dealkylation sites (tertiary alicyclic amines) is 1. The van der Waals surface area contributed by atoms with Crippen molar-refractivity contribution in [1.29, 1.82) is 0 Å². The van der Waals surface area contributed by atoms with Crippen molar-refractivity contribution in [2.75, 3.05) is 20.2 Å². The lowest BCUT2D eigenvalue weighted by Gasteiger charge is -2.24. The predicted molar refractivity (Wildman–Crippen MR) is 166 cm³/mol. The number of aryl methyl sites for hydroxylation is 1. The molecule has 0 aromatic heterocycles. The molecular weight excluding hydrogens is 573 g/mol. The first-order valence-electron chi connectivity index (χ1n) is 14.2. The van der Waals surface area contributed by atoms with Crippen LogP contribution in [0.3, 0.4) is 0 Å². The van der Waals surface area contributed by atoms with E-state index in [9.17, 15) is 9.59 Å². The molecule has 2 aliphatic rings. The number of nitrogens with zero attached hydrogens (tertiary/aromatic N) is 1. The first-order chi connectivity index (χ1) is 20.0. The van der Waals surface area contributed by atoms with Crippen LogP contribution < -0.4 is 4.74 Å². The smallest absolute Gasteiger partial charge is 0.410 e. The Morgan fingerprint density at radius 2 is 1.67 bits per heavy atom. The lowest BCUT2D eigenvalue weighted by Crippen LogP contribution is -2.36. The molecule has 0 spiro atoms. The van der Waals surface area contributed by atoms with E-state index < -0.39 is 5.60 Å². The number of carbonyl (C=O) groups is 2. The van der Waals surface area contributed by atoms with Crippen molar-refractivity contribution < 1.29 is 23.8 Å². The van der Waals surface area contributed by atoms with Crippen LogP contribution in [0.25, 0.3) is 11.1 Å². The van der Waals surface area contributed by atoms with Crippen LogP contribution >= 0.6 is 23.2 Å². The number of hydrogen-bond acceptors (Lipinski definition) is 5. The molecular formula is C34H35Cl2NO5. The highest BCUT2D eigenvalue weighted by atomic mass is 35.5. The summed E-state index contributed by atoms with van der Waals surface area (Å²) in [7, 11) is 1.39. The van der Waals surface area contributed by atoms with Gasteiger partial charge < -0.3 is 19.1 Å². The van der Waals surface area contributed by atoms with Crippen molar-refractivity contribution in [1.82, 2.24) is 4.90 Å². The van der Waals surface area contributed by atoms with Gasteiger partial charge in [0.2, 0.25) is 0 Å². The standard InChI is InChI=1S/C34H35Cl2NO5/c1-34(2,3)42-33(39)37-17-16-26(20-37)41-25-12-8-21(9-13-25)31-27-14-10-23(32(38)40-4)18-22(27)6-5-7-29(31)28-15-11-24(35)19-30(28)36/h8-15,18-19,26H,5-7,16-17,20H2,1-4H3/t26-/m1/s1. The van der Waals surface area contributed by atoms with E-state index in [-0.39, 0.29) is 18.2 Å².